The Balaban J connectivity index is 1.19. The molecule has 0 saturated carbocycles. The molecule has 4 aliphatic rings. The van der Waals surface area contributed by atoms with Crippen LogP contribution in [0.25, 0.3) is 0 Å². The summed E-state index contributed by atoms with van der Waals surface area (Å²) >= 11 is 3.41. The standard InChI is InChI=1S/C22H28N4O2S2/c1-15-20(16-6-8-25(15)9-7-16)24-21(27)17-2-4-18(5-3-17)29-19-14-23-22(30-19)26-10-12-28-13-11-26/h2-5,14-16,20H,6-13H2,1H3,(H,24,27)/t15-,20+/m1/s1. The van der Waals surface area contributed by atoms with Crippen LogP contribution in [0.1, 0.15) is 30.1 Å². The van der Waals surface area contributed by atoms with Crippen molar-refractivity contribution in [1.29, 1.82) is 0 Å². The fourth-order valence-electron chi connectivity index (χ4n) is 4.77. The molecule has 1 N–H and O–H groups in total. The lowest BCUT2D eigenvalue weighted by molar-refractivity contribution is 0.0217. The third-order valence-electron chi connectivity index (χ3n) is 6.56. The highest BCUT2D eigenvalue weighted by Crippen LogP contribution is 2.36. The first-order chi connectivity index (χ1) is 14.7. The van der Waals surface area contributed by atoms with Gasteiger partial charge in [0.2, 0.25) is 0 Å². The van der Waals surface area contributed by atoms with Crippen LogP contribution in [0, 0.1) is 5.92 Å². The summed E-state index contributed by atoms with van der Waals surface area (Å²) in [5, 5.41) is 4.37. The summed E-state index contributed by atoms with van der Waals surface area (Å²) in [4.78, 5) is 23.3. The van der Waals surface area contributed by atoms with E-state index in [2.05, 4.69) is 27.0 Å². The van der Waals surface area contributed by atoms with Crippen molar-refractivity contribution >= 4 is 34.1 Å². The van der Waals surface area contributed by atoms with Gasteiger partial charge < -0.3 is 15.0 Å². The normalized spacial score (nSPS) is 28.5. The largest absolute Gasteiger partial charge is 0.378 e. The topological polar surface area (TPSA) is 57.7 Å². The molecule has 2 aromatic rings. The van der Waals surface area contributed by atoms with Crippen molar-refractivity contribution in [2.75, 3.05) is 44.3 Å². The van der Waals surface area contributed by atoms with Crippen LogP contribution in [0.2, 0.25) is 0 Å². The molecule has 1 aromatic carbocycles. The van der Waals surface area contributed by atoms with Crippen molar-refractivity contribution in [3.05, 3.63) is 36.0 Å². The molecular formula is C22H28N4O2S2. The molecule has 4 aliphatic heterocycles. The molecule has 1 amide bonds. The van der Waals surface area contributed by atoms with E-state index in [-0.39, 0.29) is 11.9 Å². The zero-order valence-electron chi connectivity index (χ0n) is 17.3. The minimum Gasteiger partial charge on any atom is -0.378 e. The number of carbonyl (C=O) groups is 1. The molecular weight excluding hydrogens is 416 g/mol. The number of carbonyl (C=O) groups excluding carboxylic acids is 1. The van der Waals surface area contributed by atoms with Gasteiger partial charge in [0.05, 0.1) is 23.6 Å². The van der Waals surface area contributed by atoms with Gasteiger partial charge in [-0.1, -0.05) is 23.1 Å². The smallest absolute Gasteiger partial charge is 0.251 e. The molecule has 0 unspecified atom stereocenters. The third-order valence-corrected chi connectivity index (χ3v) is 8.73. The first-order valence-corrected chi connectivity index (χ1v) is 12.4. The van der Waals surface area contributed by atoms with Gasteiger partial charge in [-0.3, -0.25) is 9.69 Å². The van der Waals surface area contributed by atoms with Gasteiger partial charge in [0, 0.05) is 35.6 Å². The van der Waals surface area contributed by atoms with Crippen molar-refractivity contribution in [1.82, 2.24) is 15.2 Å². The summed E-state index contributed by atoms with van der Waals surface area (Å²) in [6.07, 6.45) is 4.34. The van der Waals surface area contributed by atoms with Gasteiger partial charge in [-0.15, -0.1) is 0 Å². The lowest BCUT2D eigenvalue weighted by Crippen LogP contribution is -2.62. The Kier molecular flexibility index (Phi) is 6.00. The maximum Gasteiger partial charge on any atom is 0.251 e. The molecule has 0 radical (unpaired) electrons. The minimum atomic E-state index is 0.0459. The van der Waals surface area contributed by atoms with E-state index in [1.807, 2.05) is 30.5 Å². The molecule has 1 aromatic heterocycles. The summed E-state index contributed by atoms with van der Waals surface area (Å²) in [6.45, 7) is 7.94. The predicted octanol–water partition coefficient (Wildman–Crippen LogP) is 3.34. The van der Waals surface area contributed by atoms with Crippen molar-refractivity contribution < 1.29 is 9.53 Å². The zero-order valence-corrected chi connectivity index (χ0v) is 18.9. The molecule has 4 saturated heterocycles. The summed E-state index contributed by atoms with van der Waals surface area (Å²) in [7, 11) is 0. The maximum absolute atomic E-state index is 12.8. The highest BCUT2D eigenvalue weighted by Gasteiger charge is 2.40. The van der Waals surface area contributed by atoms with Crippen LogP contribution >= 0.6 is 23.1 Å². The van der Waals surface area contributed by atoms with E-state index in [1.54, 1.807) is 23.1 Å². The number of aromatic nitrogens is 1. The SMILES string of the molecule is C[C@@H]1[C@H](NC(=O)c2ccc(Sc3cnc(N4CCOCC4)s3)cc2)C2CCN1CC2. The number of rotatable bonds is 5. The van der Waals surface area contributed by atoms with Crippen LogP contribution in [0.15, 0.2) is 39.6 Å². The van der Waals surface area contributed by atoms with Crippen LogP contribution in [-0.2, 0) is 4.74 Å². The average molecular weight is 445 g/mol. The average Bonchev–Trinajstić information content (AvgIpc) is 3.26. The molecule has 6 rings (SSSR count). The monoisotopic (exact) mass is 444 g/mol. The third kappa shape index (κ3) is 4.23. The van der Waals surface area contributed by atoms with E-state index in [0.717, 1.165) is 46.1 Å². The van der Waals surface area contributed by atoms with Gasteiger partial charge in [-0.2, -0.15) is 0 Å². The fraction of sp³-hybridized carbons (Fsp3) is 0.545. The highest BCUT2D eigenvalue weighted by atomic mass is 32.2. The number of nitrogens with zero attached hydrogens (tertiary/aromatic N) is 3. The Labute approximate surface area is 186 Å². The quantitative estimate of drug-likeness (QED) is 0.763. The van der Waals surface area contributed by atoms with Crippen molar-refractivity contribution in [3.8, 4) is 0 Å². The van der Waals surface area contributed by atoms with Crippen LogP contribution in [-0.4, -0.2) is 67.3 Å². The second-order valence-electron chi connectivity index (χ2n) is 8.30. The molecule has 6 nitrogen and oxygen atoms in total. The molecule has 0 spiro atoms. The zero-order chi connectivity index (χ0) is 20.5. The minimum absolute atomic E-state index is 0.0459. The van der Waals surface area contributed by atoms with Crippen LogP contribution in [0.3, 0.4) is 0 Å². The number of fused-ring (bicyclic) bond motifs is 3. The number of ether oxygens (including phenoxy) is 1. The Hall–Kier alpha value is -1.61. The fourth-order valence-corrected chi connectivity index (χ4v) is 6.76. The molecule has 0 aliphatic carbocycles. The number of morpholine rings is 1. The predicted molar refractivity (Wildman–Crippen MR) is 121 cm³/mol. The van der Waals surface area contributed by atoms with Gasteiger partial charge in [0.15, 0.2) is 5.13 Å². The maximum atomic E-state index is 12.8. The molecule has 2 bridgehead atoms. The van der Waals surface area contributed by atoms with Gasteiger partial charge in [0.25, 0.3) is 5.91 Å². The first-order valence-electron chi connectivity index (χ1n) is 10.8. The first kappa shape index (κ1) is 20.3. The van der Waals surface area contributed by atoms with Gasteiger partial charge >= 0.3 is 0 Å². The van der Waals surface area contributed by atoms with Crippen LogP contribution in [0.5, 0.6) is 0 Å². The second-order valence-corrected chi connectivity index (χ2v) is 10.7. The van der Waals surface area contributed by atoms with Crippen LogP contribution in [0.4, 0.5) is 5.13 Å². The molecule has 8 heteroatoms. The van der Waals surface area contributed by atoms with E-state index in [0.29, 0.717) is 12.0 Å². The number of thiazole rings is 1. The number of nitrogens with one attached hydrogen (secondary N) is 1. The van der Waals surface area contributed by atoms with E-state index in [9.17, 15) is 4.79 Å². The number of amides is 1. The summed E-state index contributed by atoms with van der Waals surface area (Å²) in [5.74, 6) is 0.667. The van der Waals surface area contributed by atoms with E-state index in [4.69, 9.17) is 4.74 Å². The molecule has 30 heavy (non-hydrogen) atoms. The number of hydrogen-bond donors (Lipinski definition) is 1. The summed E-state index contributed by atoms with van der Waals surface area (Å²) in [5.41, 5.74) is 0.737. The second kappa shape index (κ2) is 8.86. The van der Waals surface area contributed by atoms with Crippen molar-refractivity contribution in [2.45, 2.75) is 41.0 Å². The summed E-state index contributed by atoms with van der Waals surface area (Å²) in [6, 6.07) is 8.65. The number of piperidine rings is 3. The lowest BCUT2D eigenvalue weighted by atomic mass is 9.79. The van der Waals surface area contributed by atoms with Crippen molar-refractivity contribution in [2.24, 2.45) is 5.92 Å². The Morgan fingerprint density at radius 3 is 2.60 bits per heavy atom. The number of benzene rings is 1. The van der Waals surface area contributed by atoms with E-state index < -0.39 is 0 Å². The van der Waals surface area contributed by atoms with Gasteiger partial charge in [-0.05, 0) is 63.0 Å². The van der Waals surface area contributed by atoms with Crippen molar-refractivity contribution in [3.63, 3.8) is 0 Å². The molecule has 160 valence electrons. The molecule has 4 fully saturated rings. The molecule has 2 atom stereocenters. The van der Waals surface area contributed by atoms with E-state index >= 15 is 0 Å². The molecule has 5 heterocycles. The van der Waals surface area contributed by atoms with E-state index in [1.165, 1.54) is 25.9 Å². The Bertz CT molecular complexity index is 872. The summed E-state index contributed by atoms with van der Waals surface area (Å²) < 4.78 is 6.58. The number of hydrogen-bond acceptors (Lipinski definition) is 7. The highest BCUT2D eigenvalue weighted by molar-refractivity contribution is 8.01. The van der Waals surface area contributed by atoms with Gasteiger partial charge in [0.1, 0.15) is 0 Å². The Morgan fingerprint density at radius 2 is 1.90 bits per heavy atom. The number of anilines is 1. The van der Waals surface area contributed by atoms with Gasteiger partial charge in [-0.25, -0.2) is 4.98 Å². The van der Waals surface area contributed by atoms with Crippen LogP contribution < -0.4 is 10.2 Å². The Morgan fingerprint density at radius 1 is 1.17 bits per heavy atom. The lowest BCUT2D eigenvalue weighted by Gasteiger charge is -2.49.